The van der Waals surface area contributed by atoms with Gasteiger partial charge in [-0.25, -0.2) is 9.97 Å². The molecule has 2 aliphatic rings. The van der Waals surface area contributed by atoms with Crippen molar-refractivity contribution in [3.05, 3.63) is 41.6 Å². The van der Waals surface area contributed by atoms with Crippen LogP contribution in [0.4, 0.5) is 43.8 Å². The summed E-state index contributed by atoms with van der Waals surface area (Å²) in [5, 5.41) is 0. The summed E-state index contributed by atoms with van der Waals surface area (Å²) >= 11 is 0. The third-order valence-corrected chi connectivity index (χ3v) is 9.71. The van der Waals surface area contributed by atoms with E-state index in [1.54, 1.807) is 9.47 Å². The van der Waals surface area contributed by atoms with Gasteiger partial charge in [0.05, 0.1) is 22.3 Å². The van der Waals surface area contributed by atoms with Gasteiger partial charge < -0.3 is 19.4 Å². The maximum absolute atomic E-state index is 14.1. The van der Waals surface area contributed by atoms with Crippen molar-refractivity contribution in [1.82, 2.24) is 14.5 Å². The molecule has 0 spiro atoms. The second kappa shape index (κ2) is 12.2. The first-order valence-corrected chi connectivity index (χ1v) is 18.4. The highest BCUT2D eigenvalue weighted by Crippen LogP contribution is 2.40. The van der Waals surface area contributed by atoms with Crippen LogP contribution in [0.25, 0.3) is 11.0 Å². The molecule has 0 unspecified atom stereocenters. The maximum atomic E-state index is 14.1. The Bertz CT molecular complexity index is 1410. The topological polar surface area (TPSA) is 49.7 Å². The molecule has 2 aliphatic heterocycles. The number of hydrogen-bond acceptors (Lipinski definition) is 6. The molecule has 14 heteroatoms. The number of nitrogens with zero attached hydrogens (tertiary/aromatic N) is 6. The first-order valence-electron chi connectivity index (χ1n) is 14.7. The lowest BCUT2D eigenvalue weighted by Crippen LogP contribution is -2.48. The molecule has 0 N–H and O–H groups in total. The fraction of sp³-hybridized carbons (Fsp3) is 0.586. The Morgan fingerprint density at radius 3 is 2.14 bits per heavy atom. The molecule has 7 nitrogen and oxygen atoms in total. The number of aromatic nitrogens is 3. The number of ether oxygens (including phenoxy) is 1. The molecule has 2 fully saturated rings. The van der Waals surface area contributed by atoms with E-state index in [4.69, 9.17) is 9.72 Å². The van der Waals surface area contributed by atoms with Crippen molar-refractivity contribution in [3.8, 4) is 0 Å². The number of rotatable bonds is 8. The number of benzene rings is 1. The largest absolute Gasteiger partial charge is 0.419 e. The minimum Gasteiger partial charge on any atom is -0.370 e. The summed E-state index contributed by atoms with van der Waals surface area (Å²) < 4.78 is 91.1. The number of fused-ring (bicyclic) bond motifs is 1. The number of piperidine rings is 1. The van der Waals surface area contributed by atoms with Gasteiger partial charge in [0.2, 0.25) is 5.95 Å². The van der Waals surface area contributed by atoms with E-state index < -0.39 is 31.6 Å². The zero-order chi connectivity index (χ0) is 31.0. The Morgan fingerprint density at radius 2 is 1.51 bits per heavy atom. The number of halogens is 6. The summed E-state index contributed by atoms with van der Waals surface area (Å²) in [7, 11) is -1.41. The highest BCUT2D eigenvalue weighted by Gasteiger charge is 2.37. The molecule has 3 aromatic rings. The molecule has 43 heavy (non-hydrogen) atoms. The van der Waals surface area contributed by atoms with Gasteiger partial charge in [0.25, 0.3) is 0 Å². The summed E-state index contributed by atoms with van der Waals surface area (Å²) in [6.07, 6.45) is -4.93. The van der Waals surface area contributed by atoms with Crippen LogP contribution in [0.5, 0.6) is 0 Å². The Balaban J connectivity index is 1.51. The lowest BCUT2D eigenvalue weighted by atomic mass is 10.1. The van der Waals surface area contributed by atoms with Crippen LogP contribution < -0.4 is 14.7 Å². The van der Waals surface area contributed by atoms with Crippen molar-refractivity contribution in [3.63, 3.8) is 0 Å². The highest BCUT2D eigenvalue weighted by atomic mass is 28.3. The molecule has 0 atom stereocenters. The van der Waals surface area contributed by atoms with Crippen LogP contribution in [0.3, 0.4) is 0 Å². The standard InChI is InChI=1S/C29H38F6N6OSi/c1-43(2,3)17-16-42-20-41-24-19-21(28(30,31)32)18-23(38-10-5-4-6-11-38)25(24)37-27(41)40-14-12-39(13-15-40)26-22(29(33,34)35)8-7-9-36-26/h7-9,18-19H,4-6,10-17,20H2,1-3H3. The average Bonchev–Trinajstić information content (AvgIpc) is 3.32. The molecular weight excluding hydrogens is 590 g/mol. The van der Waals surface area contributed by atoms with Crippen molar-refractivity contribution in [2.45, 2.75) is 64.0 Å². The number of pyridine rings is 1. The van der Waals surface area contributed by atoms with Crippen molar-refractivity contribution in [1.29, 1.82) is 0 Å². The number of alkyl halides is 6. The third kappa shape index (κ3) is 7.22. The van der Waals surface area contributed by atoms with E-state index in [1.807, 2.05) is 9.80 Å². The predicted molar refractivity (Wildman–Crippen MR) is 159 cm³/mol. The van der Waals surface area contributed by atoms with E-state index in [9.17, 15) is 26.3 Å². The molecule has 0 bridgehead atoms. The minimum absolute atomic E-state index is 0.0236. The minimum atomic E-state index is -4.54. The summed E-state index contributed by atoms with van der Waals surface area (Å²) in [6.45, 7) is 9.58. The highest BCUT2D eigenvalue weighted by molar-refractivity contribution is 6.76. The van der Waals surface area contributed by atoms with Crippen LogP contribution in [0.1, 0.15) is 30.4 Å². The van der Waals surface area contributed by atoms with Crippen LogP contribution in [0.15, 0.2) is 30.5 Å². The van der Waals surface area contributed by atoms with E-state index >= 15 is 0 Å². The lowest BCUT2D eigenvalue weighted by molar-refractivity contribution is -0.138. The van der Waals surface area contributed by atoms with E-state index in [0.717, 1.165) is 37.4 Å². The fourth-order valence-corrected chi connectivity index (χ4v) is 6.38. The van der Waals surface area contributed by atoms with Crippen molar-refractivity contribution < 1.29 is 31.1 Å². The summed E-state index contributed by atoms with van der Waals surface area (Å²) in [5.41, 5.74) is -0.268. The van der Waals surface area contributed by atoms with Crippen molar-refractivity contribution in [2.24, 2.45) is 0 Å². The molecule has 2 aromatic heterocycles. The van der Waals surface area contributed by atoms with Crippen LogP contribution in [-0.4, -0.2) is 68.5 Å². The van der Waals surface area contributed by atoms with E-state index in [0.29, 0.717) is 55.5 Å². The normalized spacial score (nSPS) is 17.3. The zero-order valence-electron chi connectivity index (χ0n) is 24.7. The van der Waals surface area contributed by atoms with E-state index in [1.165, 1.54) is 18.3 Å². The molecule has 0 radical (unpaired) electrons. The second-order valence-electron chi connectivity index (χ2n) is 12.4. The second-order valence-corrected chi connectivity index (χ2v) is 18.1. The SMILES string of the molecule is C[Si](C)(C)CCOCn1c(N2CCN(c3ncccc3C(F)(F)F)CC2)nc2c(N3CCCCC3)cc(C(F)(F)F)cc21. The molecule has 0 amide bonds. The Hall–Kier alpha value is -3.00. The number of hydrogen-bond donors (Lipinski definition) is 0. The van der Waals surface area contributed by atoms with E-state index in [2.05, 4.69) is 24.6 Å². The predicted octanol–water partition coefficient (Wildman–Crippen LogP) is 7.10. The first kappa shape index (κ1) is 31.4. The molecular formula is C29H38F6N6OSi. The van der Waals surface area contributed by atoms with Gasteiger partial charge >= 0.3 is 12.4 Å². The Kier molecular flexibility index (Phi) is 8.90. The molecule has 236 valence electrons. The smallest absolute Gasteiger partial charge is 0.370 e. The van der Waals surface area contributed by atoms with Crippen LogP contribution in [0, 0.1) is 0 Å². The van der Waals surface area contributed by atoms with Gasteiger partial charge in [0, 0.05) is 60.1 Å². The van der Waals surface area contributed by atoms with Gasteiger partial charge in [0.15, 0.2) is 0 Å². The van der Waals surface area contributed by atoms with Crippen LogP contribution >= 0.6 is 0 Å². The van der Waals surface area contributed by atoms with Gasteiger partial charge in [0.1, 0.15) is 18.1 Å². The molecule has 1 aromatic carbocycles. The van der Waals surface area contributed by atoms with Gasteiger partial charge in [-0.3, -0.25) is 4.57 Å². The summed E-state index contributed by atoms with van der Waals surface area (Å²) in [6, 6.07) is 5.51. The average molecular weight is 629 g/mol. The lowest BCUT2D eigenvalue weighted by Gasteiger charge is -2.37. The van der Waals surface area contributed by atoms with Crippen molar-refractivity contribution in [2.75, 3.05) is 60.6 Å². The Morgan fingerprint density at radius 1 is 0.837 bits per heavy atom. The van der Waals surface area contributed by atoms with Gasteiger partial charge in [-0.1, -0.05) is 19.6 Å². The third-order valence-electron chi connectivity index (χ3n) is 8.01. The molecule has 0 saturated carbocycles. The number of piperazine rings is 1. The monoisotopic (exact) mass is 628 g/mol. The number of imidazole rings is 1. The summed E-state index contributed by atoms with van der Waals surface area (Å²) in [5.74, 6) is 0.331. The van der Waals surface area contributed by atoms with Gasteiger partial charge in [-0.05, 0) is 49.6 Å². The van der Waals surface area contributed by atoms with Crippen LogP contribution in [-0.2, 0) is 23.8 Å². The van der Waals surface area contributed by atoms with Gasteiger partial charge in [-0.2, -0.15) is 26.3 Å². The molecule has 5 rings (SSSR count). The summed E-state index contributed by atoms with van der Waals surface area (Å²) in [4.78, 5) is 14.4. The maximum Gasteiger partial charge on any atom is 0.419 e. The van der Waals surface area contributed by atoms with E-state index in [-0.39, 0.29) is 25.6 Å². The van der Waals surface area contributed by atoms with Crippen molar-refractivity contribution >= 4 is 36.6 Å². The molecule has 4 heterocycles. The first-order chi connectivity index (χ1) is 20.2. The molecule has 2 saturated heterocycles. The number of anilines is 3. The van der Waals surface area contributed by atoms with Gasteiger partial charge in [-0.15, -0.1) is 0 Å². The molecule has 0 aliphatic carbocycles. The Labute approximate surface area is 248 Å². The fourth-order valence-electron chi connectivity index (χ4n) is 5.62. The van der Waals surface area contributed by atoms with Crippen LogP contribution in [0.2, 0.25) is 25.7 Å². The zero-order valence-corrected chi connectivity index (χ0v) is 25.7. The quantitative estimate of drug-likeness (QED) is 0.151.